The van der Waals surface area contributed by atoms with Crippen LogP contribution in [0, 0.1) is 0 Å². The van der Waals surface area contributed by atoms with E-state index < -0.39 is 5.97 Å². The maximum Gasteiger partial charge on any atom is 0.337 e. The fourth-order valence-corrected chi connectivity index (χ4v) is 2.67. The van der Waals surface area contributed by atoms with Crippen LogP contribution in [-0.2, 0) is 11.2 Å². The van der Waals surface area contributed by atoms with Gasteiger partial charge >= 0.3 is 5.97 Å². The van der Waals surface area contributed by atoms with Crippen LogP contribution in [0.4, 0.5) is 5.69 Å². The highest BCUT2D eigenvalue weighted by Gasteiger charge is 2.18. The number of carbonyl (C=O) groups excluding carboxylic acids is 1. The van der Waals surface area contributed by atoms with Crippen molar-refractivity contribution >= 4 is 17.6 Å². The van der Waals surface area contributed by atoms with Crippen LogP contribution in [0.25, 0.3) is 0 Å². The molecule has 0 aliphatic rings. The smallest absolute Gasteiger partial charge is 0.337 e. The summed E-state index contributed by atoms with van der Waals surface area (Å²) in [5, 5.41) is 12.0. The summed E-state index contributed by atoms with van der Waals surface area (Å²) in [5.74, 6) is 0.257. The van der Waals surface area contributed by atoms with Crippen molar-refractivity contribution in [3.63, 3.8) is 0 Å². The molecule has 0 radical (unpaired) electrons. The monoisotopic (exact) mass is 389 g/mol. The van der Waals surface area contributed by atoms with Crippen molar-refractivity contribution in [3.8, 4) is 23.0 Å². The molecule has 0 saturated carbocycles. The van der Waals surface area contributed by atoms with E-state index in [9.17, 15) is 14.7 Å². The van der Waals surface area contributed by atoms with Gasteiger partial charge in [-0.3, -0.25) is 4.79 Å². The van der Waals surface area contributed by atoms with Crippen LogP contribution in [0.1, 0.15) is 22.3 Å². The minimum Gasteiger partial charge on any atom is -0.493 e. The minimum absolute atomic E-state index is 0.0860. The van der Waals surface area contributed by atoms with Crippen molar-refractivity contribution in [2.75, 3.05) is 33.8 Å². The van der Waals surface area contributed by atoms with Crippen LogP contribution in [0.2, 0.25) is 0 Å². The van der Waals surface area contributed by atoms with Gasteiger partial charge in [-0.2, -0.15) is 0 Å². The number of hydrogen-bond donors (Lipinski definition) is 2. The number of anilines is 1. The molecule has 1 amide bonds. The number of carbonyl (C=O) groups is 2. The molecule has 0 bridgehead atoms. The predicted molar refractivity (Wildman–Crippen MR) is 103 cm³/mol. The molecule has 8 nitrogen and oxygen atoms in total. The van der Waals surface area contributed by atoms with Gasteiger partial charge in [-0.25, -0.2) is 4.79 Å². The van der Waals surface area contributed by atoms with Crippen molar-refractivity contribution < 1.29 is 33.6 Å². The van der Waals surface area contributed by atoms with Crippen LogP contribution in [-0.4, -0.2) is 45.4 Å². The molecule has 0 aliphatic carbocycles. The van der Waals surface area contributed by atoms with E-state index in [1.54, 1.807) is 26.4 Å². The van der Waals surface area contributed by atoms with Crippen LogP contribution in [0.3, 0.4) is 0 Å². The molecule has 0 spiro atoms. The normalized spacial score (nSPS) is 10.1. The Morgan fingerprint density at radius 3 is 2.00 bits per heavy atom. The van der Waals surface area contributed by atoms with Crippen molar-refractivity contribution in [1.29, 1.82) is 0 Å². The molecule has 0 aliphatic heterocycles. The first kappa shape index (κ1) is 20.9. The molecule has 0 unspecified atom stereocenters. The number of carboxylic acid groups (broad SMARTS) is 1. The van der Waals surface area contributed by atoms with Crippen LogP contribution in [0.15, 0.2) is 30.3 Å². The topological polar surface area (TPSA) is 103 Å². The molecule has 8 heteroatoms. The van der Waals surface area contributed by atoms with Gasteiger partial charge in [0.25, 0.3) is 0 Å². The fourth-order valence-electron chi connectivity index (χ4n) is 2.67. The lowest BCUT2D eigenvalue weighted by atomic mass is 10.1. The summed E-state index contributed by atoms with van der Waals surface area (Å²) >= 11 is 0. The fraction of sp³-hybridized carbons (Fsp3) is 0.300. The molecular weight excluding hydrogens is 366 g/mol. The van der Waals surface area contributed by atoms with Gasteiger partial charge in [0.05, 0.1) is 39.7 Å². The molecule has 0 heterocycles. The summed E-state index contributed by atoms with van der Waals surface area (Å²) in [6.45, 7) is 0. The number of ether oxygens (including phenoxy) is 4. The lowest BCUT2D eigenvalue weighted by Gasteiger charge is -2.14. The van der Waals surface area contributed by atoms with Crippen molar-refractivity contribution in [2.45, 2.75) is 12.8 Å². The first-order valence-electron chi connectivity index (χ1n) is 8.43. The number of benzene rings is 2. The highest BCUT2D eigenvalue weighted by molar-refractivity contribution is 6.01. The number of nitrogens with one attached hydrogen (secondary N) is 1. The molecule has 2 N–H and O–H groups in total. The average molecular weight is 389 g/mol. The number of amides is 1. The van der Waals surface area contributed by atoms with Crippen molar-refractivity contribution in [3.05, 3.63) is 41.5 Å². The van der Waals surface area contributed by atoms with E-state index in [4.69, 9.17) is 18.9 Å². The summed E-state index contributed by atoms with van der Waals surface area (Å²) < 4.78 is 20.7. The Hall–Kier alpha value is -3.42. The molecule has 0 saturated heterocycles. The van der Waals surface area contributed by atoms with Gasteiger partial charge in [-0.05, 0) is 24.1 Å². The molecular formula is C20H23NO7. The van der Waals surface area contributed by atoms with E-state index in [0.29, 0.717) is 23.7 Å². The minimum atomic E-state index is -1.18. The second kappa shape index (κ2) is 9.50. The van der Waals surface area contributed by atoms with Crippen molar-refractivity contribution in [1.82, 2.24) is 0 Å². The Labute approximate surface area is 163 Å². The summed E-state index contributed by atoms with van der Waals surface area (Å²) in [4.78, 5) is 23.9. The molecule has 0 aromatic heterocycles. The standard InChI is InChI=1S/C20H23NO7/c1-25-15-7-5-12(9-16(15)26-2)6-8-19(22)21-14-11-18(28-4)17(27-3)10-13(14)20(23)24/h5,7,9-11H,6,8H2,1-4H3,(H,21,22)(H,23,24). The first-order valence-corrected chi connectivity index (χ1v) is 8.43. The maximum atomic E-state index is 12.4. The number of aryl methyl sites for hydroxylation is 1. The van der Waals surface area contributed by atoms with Gasteiger partial charge in [0, 0.05) is 18.6 Å². The Morgan fingerprint density at radius 2 is 1.43 bits per heavy atom. The average Bonchev–Trinajstić information content (AvgIpc) is 2.71. The Balaban J connectivity index is 2.13. The molecule has 2 aromatic carbocycles. The Morgan fingerprint density at radius 1 is 0.857 bits per heavy atom. The van der Waals surface area contributed by atoms with Crippen molar-refractivity contribution in [2.24, 2.45) is 0 Å². The highest BCUT2D eigenvalue weighted by Crippen LogP contribution is 2.33. The number of methoxy groups -OCH3 is 4. The van der Waals surface area contributed by atoms with E-state index in [1.807, 2.05) is 6.07 Å². The van der Waals surface area contributed by atoms with Gasteiger partial charge in [-0.15, -0.1) is 0 Å². The number of hydrogen-bond acceptors (Lipinski definition) is 6. The van der Waals surface area contributed by atoms with E-state index in [1.165, 1.54) is 26.4 Å². The molecule has 2 rings (SSSR count). The highest BCUT2D eigenvalue weighted by atomic mass is 16.5. The van der Waals surface area contributed by atoms with Gasteiger partial charge < -0.3 is 29.4 Å². The molecule has 28 heavy (non-hydrogen) atoms. The third-order valence-corrected chi connectivity index (χ3v) is 4.12. The van der Waals surface area contributed by atoms with Crippen LogP contribution >= 0.6 is 0 Å². The van der Waals surface area contributed by atoms with Crippen LogP contribution < -0.4 is 24.3 Å². The zero-order valence-corrected chi connectivity index (χ0v) is 16.2. The third kappa shape index (κ3) is 4.85. The Kier molecular flexibility index (Phi) is 7.08. The quantitative estimate of drug-likeness (QED) is 0.679. The van der Waals surface area contributed by atoms with E-state index in [2.05, 4.69) is 5.32 Å². The van der Waals surface area contributed by atoms with Gasteiger partial charge in [-0.1, -0.05) is 6.07 Å². The second-order valence-corrected chi connectivity index (χ2v) is 5.80. The summed E-state index contributed by atoms with van der Waals surface area (Å²) in [7, 11) is 5.93. The summed E-state index contributed by atoms with van der Waals surface area (Å²) in [5.41, 5.74) is 0.943. The molecule has 2 aromatic rings. The Bertz CT molecular complexity index is 864. The molecule has 150 valence electrons. The maximum absolute atomic E-state index is 12.4. The molecule has 0 fully saturated rings. The van der Waals surface area contributed by atoms with Gasteiger partial charge in [0.15, 0.2) is 23.0 Å². The summed E-state index contributed by atoms with van der Waals surface area (Å²) in [6.07, 6.45) is 0.602. The predicted octanol–water partition coefficient (Wildman–Crippen LogP) is 2.99. The second-order valence-electron chi connectivity index (χ2n) is 5.80. The molecule has 0 atom stereocenters. The summed E-state index contributed by atoms with van der Waals surface area (Å²) in [6, 6.07) is 8.14. The first-order chi connectivity index (χ1) is 13.4. The largest absolute Gasteiger partial charge is 0.493 e. The number of rotatable bonds is 9. The zero-order valence-electron chi connectivity index (χ0n) is 16.2. The SMILES string of the molecule is COc1ccc(CCC(=O)Nc2cc(OC)c(OC)cc2C(=O)O)cc1OC. The lowest BCUT2D eigenvalue weighted by molar-refractivity contribution is -0.116. The van der Waals surface area contributed by atoms with E-state index in [0.717, 1.165) is 5.56 Å². The van der Waals surface area contributed by atoms with E-state index in [-0.39, 0.29) is 29.3 Å². The number of carboxylic acids is 1. The van der Waals surface area contributed by atoms with Gasteiger partial charge in [0.1, 0.15) is 0 Å². The van der Waals surface area contributed by atoms with Crippen LogP contribution in [0.5, 0.6) is 23.0 Å². The lowest BCUT2D eigenvalue weighted by Crippen LogP contribution is -2.15. The zero-order chi connectivity index (χ0) is 20.7. The van der Waals surface area contributed by atoms with E-state index >= 15 is 0 Å². The third-order valence-electron chi connectivity index (χ3n) is 4.12. The van der Waals surface area contributed by atoms with Gasteiger partial charge in [0.2, 0.25) is 5.91 Å². The number of aromatic carboxylic acids is 1.